The second-order valence-electron chi connectivity index (χ2n) is 3.76. The number of primary amides is 2. The smallest absolute Gasteiger partial charge is 0.237 e. The Morgan fingerprint density at radius 1 is 1.33 bits per heavy atom. The van der Waals surface area contributed by atoms with E-state index in [1.54, 1.807) is 13.0 Å². The first-order chi connectivity index (χ1) is 8.42. The summed E-state index contributed by atoms with van der Waals surface area (Å²) >= 11 is 0. The number of hydrogen-bond donors (Lipinski definition) is 2. The van der Waals surface area contributed by atoms with Gasteiger partial charge in [0, 0.05) is 5.69 Å². The van der Waals surface area contributed by atoms with Crippen molar-refractivity contribution in [3.05, 3.63) is 23.4 Å². The molecule has 0 saturated carbocycles. The molecule has 0 spiro atoms. The predicted octanol–water partition coefficient (Wildman–Crippen LogP) is -0.961. The summed E-state index contributed by atoms with van der Waals surface area (Å²) in [5, 5.41) is 8.85. The maximum Gasteiger partial charge on any atom is 0.237 e. The number of nitrogens with zero attached hydrogens (tertiary/aromatic N) is 3. The molecule has 1 rings (SSSR count). The van der Waals surface area contributed by atoms with Crippen LogP contribution in [0, 0.1) is 18.3 Å². The molecule has 18 heavy (non-hydrogen) atoms. The molecule has 0 saturated heterocycles. The molecular formula is C11H13N5O2. The van der Waals surface area contributed by atoms with Gasteiger partial charge in [-0.25, -0.2) is 4.98 Å². The molecule has 0 radical (unpaired) electrons. The number of rotatable bonds is 5. The molecule has 0 aromatic carbocycles. The highest BCUT2D eigenvalue weighted by molar-refractivity contribution is 5.84. The Balaban J connectivity index is 3.11. The molecule has 94 valence electrons. The highest BCUT2D eigenvalue weighted by Crippen LogP contribution is 2.14. The highest BCUT2D eigenvalue weighted by Gasteiger charge is 2.14. The van der Waals surface area contributed by atoms with Gasteiger partial charge in [-0.1, -0.05) is 0 Å². The van der Waals surface area contributed by atoms with Crippen LogP contribution in [0.15, 0.2) is 12.1 Å². The Morgan fingerprint density at radius 3 is 2.33 bits per heavy atom. The van der Waals surface area contributed by atoms with Crippen molar-refractivity contribution in [1.82, 2.24) is 4.98 Å². The standard InChI is InChI=1S/C11H13N5O2/c1-7-2-8(4-12)3-11(15-7)16(5-9(13)17)6-10(14)18/h2-3H,5-6H2,1H3,(H2,13,17)(H2,14,18). The molecule has 1 aromatic rings. The average Bonchev–Trinajstić information content (AvgIpc) is 2.26. The fourth-order valence-electron chi connectivity index (χ4n) is 1.47. The quantitative estimate of drug-likeness (QED) is 0.692. The first-order valence-corrected chi connectivity index (χ1v) is 5.12. The fourth-order valence-corrected chi connectivity index (χ4v) is 1.47. The summed E-state index contributed by atoms with van der Waals surface area (Å²) in [7, 11) is 0. The topological polar surface area (TPSA) is 126 Å². The van der Waals surface area contributed by atoms with Gasteiger partial charge >= 0.3 is 0 Å². The van der Waals surface area contributed by atoms with Gasteiger partial charge in [-0.05, 0) is 19.1 Å². The van der Waals surface area contributed by atoms with Gasteiger partial charge in [-0.3, -0.25) is 9.59 Å². The minimum Gasteiger partial charge on any atom is -0.368 e. The lowest BCUT2D eigenvalue weighted by atomic mass is 10.2. The molecule has 0 aliphatic carbocycles. The molecule has 0 fully saturated rings. The van der Waals surface area contributed by atoms with Gasteiger partial charge in [-0.2, -0.15) is 5.26 Å². The summed E-state index contributed by atoms with van der Waals surface area (Å²) in [5.41, 5.74) is 11.2. The summed E-state index contributed by atoms with van der Waals surface area (Å²) in [6, 6.07) is 5.04. The molecule has 2 amide bonds. The van der Waals surface area contributed by atoms with Crippen LogP contribution in [-0.4, -0.2) is 29.9 Å². The van der Waals surface area contributed by atoms with E-state index < -0.39 is 11.8 Å². The van der Waals surface area contributed by atoms with Crippen LogP contribution in [0.3, 0.4) is 0 Å². The zero-order valence-corrected chi connectivity index (χ0v) is 9.88. The molecule has 0 atom stereocenters. The van der Waals surface area contributed by atoms with Gasteiger partial charge < -0.3 is 16.4 Å². The number of hydrogen-bond acceptors (Lipinski definition) is 5. The van der Waals surface area contributed by atoms with Crippen molar-refractivity contribution in [2.75, 3.05) is 18.0 Å². The van der Waals surface area contributed by atoms with E-state index in [9.17, 15) is 9.59 Å². The molecule has 0 bridgehead atoms. The van der Waals surface area contributed by atoms with Gasteiger partial charge in [0.25, 0.3) is 0 Å². The van der Waals surface area contributed by atoms with Crippen LogP contribution in [0.2, 0.25) is 0 Å². The van der Waals surface area contributed by atoms with E-state index in [0.29, 0.717) is 17.1 Å². The van der Waals surface area contributed by atoms with Crippen molar-refractivity contribution in [1.29, 1.82) is 5.26 Å². The third-order valence-electron chi connectivity index (χ3n) is 2.09. The third-order valence-corrected chi connectivity index (χ3v) is 2.09. The summed E-state index contributed by atoms with van der Waals surface area (Å²) < 4.78 is 0. The summed E-state index contributed by atoms with van der Waals surface area (Å²) in [4.78, 5) is 27.4. The van der Waals surface area contributed by atoms with Crippen LogP contribution in [0.4, 0.5) is 5.82 Å². The van der Waals surface area contributed by atoms with E-state index in [4.69, 9.17) is 16.7 Å². The molecule has 7 heteroatoms. The van der Waals surface area contributed by atoms with Gasteiger partial charge in [0.1, 0.15) is 5.82 Å². The van der Waals surface area contributed by atoms with Crippen LogP contribution in [0.1, 0.15) is 11.3 Å². The molecular weight excluding hydrogens is 234 g/mol. The Hall–Kier alpha value is -2.62. The summed E-state index contributed by atoms with van der Waals surface area (Å²) in [6.45, 7) is 1.32. The number of nitriles is 1. The van der Waals surface area contributed by atoms with E-state index in [-0.39, 0.29) is 13.1 Å². The summed E-state index contributed by atoms with van der Waals surface area (Å²) in [6.07, 6.45) is 0. The number of aromatic nitrogens is 1. The Labute approximate surface area is 104 Å². The van der Waals surface area contributed by atoms with Crippen molar-refractivity contribution < 1.29 is 9.59 Å². The number of pyridine rings is 1. The van der Waals surface area contributed by atoms with Crippen molar-refractivity contribution in [3.63, 3.8) is 0 Å². The Morgan fingerprint density at radius 2 is 1.89 bits per heavy atom. The SMILES string of the molecule is Cc1cc(C#N)cc(N(CC(N)=O)CC(N)=O)n1. The maximum atomic E-state index is 10.9. The second-order valence-corrected chi connectivity index (χ2v) is 3.76. The number of amides is 2. The molecule has 7 nitrogen and oxygen atoms in total. The van der Waals surface area contributed by atoms with Gasteiger partial charge in [-0.15, -0.1) is 0 Å². The van der Waals surface area contributed by atoms with E-state index >= 15 is 0 Å². The van der Waals surface area contributed by atoms with E-state index in [1.807, 2.05) is 6.07 Å². The van der Waals surface area contributed by atoms with Crippen molar-refractivity contribution in [2.24, 2.45) is 11.5 Å². The minimum atomic E-state index is -0.613. The lowest BCUT2D eigenvalue weighted by molar-refractivity contribution is -0.117. The number of carbonyl (C=O) groups is 2. The van der Waals surface area contributed by atoms with Crippen molar-refractivity contribution in [2.45, 2.75) is 6.92 Å². The minimum absolute atomic E-state index is 0.190. The van der Waals surface area contributed by atoms with E-state index in [0.717, 1.165) is 0 Å². The number of nitrogens with two attached hydrogens (primary N) is 2. The summed E-state index contributed by atoms with van der Waals surface area (Å²) in [5.74, 6) is -0.903. The van der Waals surface area contributed by atoms with Crippen LogP contribution >= 0.6 is 0 Å². The monoisotopic (exact) mass is 247 g/mol. The first kappa shape index (κ1) is 13.4. The molecule has 1 aromatic heterocycles. The van der Waals surface area contributed by atoms with Crippen molar-refractivity contribution in [3.8, 4) is 6.07 Å². The van der Waals surface area contributed by atoms with E-state index in [1.165, 1.54) is 11.0 Å². The maximum absolute atomic E-state index is 10.9. The zero-order chi connectivity index (χ0) is 13.7. The average molecular weight is 247 g/mol. The largest absolute Gasteiger partial charge is 0.368 e. The second kappa shape index (κ2) is 5.63. The number of anilines is 1. The number of carbonyl (C=O) groups excluding carboxylic acids is 2. The van der Waals surface area contributed by atoms with Crippen molar-refractivity contribution >= 4 is 17.6 Å². The molecule has 4 N–H and O–H groups in total. The highest BCUT2D eigenvalue weighted by atomic mass is 16.2. The molecule has 0 aliphatic heterocycles. The Kier molecular flexibility index (Phi) is 4.21. The molecule has 0 aliphatic rings. The lowest BCUT2D eigenvalue weighted by Crippen LogP contribution is -2.40. The Bertz CT molecular complexity index is 505. The van der Waals surface area contributed by atoms with Crippen LogP contribution in [0.5, 0.6) is 0 Å². The van der Waals surface area contributed by atoms with Crippen LogP contribution in [0.25, 0.3) is 0 Å². The predicted molar refractivity (Wildman–Crippen MR) is 64.3 cm³/mol. The molecule has 0 unspecified atom stereocenters. The third kappa shape index (κ3) is 3.75. The normalized spacial score (nSPS) is 9.56. The first-order valence-electron chi connectivity index (χ1n) is 5.12. The zero-order valence-electron chi connectivity index (χ0n) is 9.88. The van der Waals surface area contributed by atoms with E-state index in [2.05, 4.69) is 4.98 Å². The number of aryl methyl sites for hydroxylation is 1. The fraction of sp³-hybridized carbons (Fsp3) is 0.273. The van der Waals surface area contributed by atoms with Crippen LogP contribution < -0.4 is 16.4 Å². The van der Waals surface area contributed by atoms with Gasteiger partial charge in [0.05, 0.1) is 24.7 Å². The van der Waals surface area contributed by atoms with Crippen LogP contribution in [-0.2, 0) is 9.59 Å². The molecule has 1 heterocycles. The van der Waals surface area contributed by atoms with Gasteiger partial charge in [0.2, 0.25) is 11.8 Å². The van der Waals surface area contributed by atoms with Gasteiger partial charge in [0.15, 0.2) is 0 Å². The lowest BCUT2D eigenvalue weighted by Gasteiger charge is -2.20.